The second-order valence-corrected chi connectivity index (χ2v) is 6.47. The van der Waals surface area contributed by atoms with Gasteiger partial charge in [0, 0.05) is 13.1 Å². The first-order valence-electron chi connectivity index (χ1n) is 8.50. The maximum absolute atomic E-state index is 13.0. The van der Waals surface area contributed by atoms with Crippen LogP contribution in [0.2, 0.25) is 0 Å². The number of aromatic nitrogens is 2. The van der Waals surface area contributed by atoms with Crippen LogP contribution in [0.3, 0.4) is 0 Å². The van der Waals surface area contributed by atoms with Gasteiger partial charge in [0.25, 0.3) is 0 Å². The number of likely N-dealkylation sites (tertiary alicyclic amines) is 1. The number of nitrogens with one attached hydrogen (secondary N) is 1. The molecule has 1 aromatic heterocycles. The van der Waals surface area contributed by atoms with Crippen molar-refractivity contribution in [3.8, 4) is 0 Å². The molecule has 1 atom stereocenters. The summed E-state index contributed by atoms with van der Waals surface area (Å²) >= 11 is 0. The summed E-state index contributed by atoms with van der Waals surface area (Å²) in [4.78, 5) is 19.2. The SMILES string of the molecule is Cc1noc(CN[C@H](C(=O)N2CCC(C)CC2)c2ccccc2)n1. The quantitative estimate of drug-likeness (QED) is 0.913. The molecule has 1 amide bonds. The molecule has 1 aliphatic heterocycles. The van der Waals surface area contributed by atoms with Crippen molar-refractivity contribution in [1.29, 1.82) is 0 Å². The Morgan fingerprint density at radius 2 is 2.04 bits per heavy atom. The first-order chi connectivity index (χ1) is 11.6. The van der Waals surface area contributed by atoms with Crippen LogP contribution in [0.4, 0.5) is 0 Å². The highest BCUT2D eigenvalue weighted by atomic mass is 16.5. The molecule has 6 nitrogen and oxygen atoms in total. The molecule has 3 rings (SSSR count). The molecule has 1 aromatic carbocycles. The molecular formula is C18H24N4O2. The summed E-state index contributed by atoms with van der Waals surface area (Å²) in [6.45, 7) is 6.04. The van der Waals surface area contributed by atoms with E-state index in [1.165, 1.54) is 0 Å². The van der Waals surface area contributed by atoms with Crippen LogP contribution in [0.25, 0.3) is 0 Å². The summed E-state index contributed by atoms with van der Waals surface area (Å²) < 4.78 is 5.14. The molecule has 24 heavy (non-hydrogen) atoms. The Hall–Kier alpha value is -2.21. The van der Waals surface area contributed by atoms with Crippen LogP contribution in [0, 0.1) is 12.8 Å². The van der Waals surface area contributed by atoms with E-state index in [0.717, 1.165) is 31.5 Å². The van der Waals surface area contributed by atoms with Crippen molar-refractivity contribution in [1.82, 2.24) is 20.4 Å². The van der Waals surface area contributed by atoms with E-state index in [9.17, 15) is 4.79 Å². The first kappa shape index (κ1) is 16.6. The van der Waals surface area contributed by atoms with Gasteiger partial charge in [-0.3, -0.25) is 10.1 Å². The van der Waals surface area contributed by atoms with Crippen molar-refractivity contribution in [2.75, 3.05) is 13.1 Å². The van der Waals surface area contributed by atoms with Crippen LogP contribution < -0.4 is 5.32 Å². The van der Waals surface area contributed by atoms with Gasteiger partial charge in [0.2, 0.25) is 11.8 Å². The highest BCUT2D eigenvalue weighted by Crippen LogP contribution is 2.22. The molecule has 0 saturated carbocycles. The number of hydrogen-bond donors (Lipinski definition) is 1. The van der Waals surface area contributed by atoms with Gasteiger partial charge in [-0.1, -0.05) is 42.4 Å². The highest BCUT2D eigenvalue weighted by Gasteiger charge is 2.28. The molecule has 0 radical (unpaired) electrons. The van der Waals surface area contributed by atoms with Gasteiger partial charge in [-0.25, -0.2) is 0 Å². The van der Waals surface area contributed by atoms with Gasteiger partial charge in [0.15, 0.2) is 5.82 Å². The van der Waals surface area contributed by atoms with Crippen molar-refractivity contribution in [2.45, 2.75) is 39.3 Å². The molecule has 2 heterocycles. The van der Waals surface area contributed by atoms with E-state index in [1.54, 1.807) is 6.92 Å². The van der Waals surface area contributed by atoms with E-state index in [1.807, 2.05) is 35.2 Å². The third-order valence-electron chi connectivity index (χ3n) is 4.50. The fourth-order valence-electron chi connectivity index (χ4n) is 3.01. The van der Waals surface area contributed by atoms with Gasteiger partial charge in [0.05, 0.1) is 6.54 Å². The number of piperidine rings is 1. The maximum atomic E-state index is 13.0. The number of amides is 1. The van der Waals surface area contributed by atoms with Gasteiger partial charge < -0.3 is 9.42 Å². The normalized spacial score (nSPS) is 17.0. The first-order valence-corrected chi connectivity index (χ1v) is 8.50. The minimum Gasteiger partial charge on any atom is -0.341 e. The summed E-state index contributed by atoms with van der Waals surface area (Å²) in [5.74, 6) is 1.90. The zero-order valence-electron chi connectivity index (χ0n) is 14.2. The van der Waals surface area contributed by atoms with Crippen LogP contribution in [-0.4, -0.2) is 34.0 Å². The molecule has 0 spiro atoms. The second kappa shape index (κ2) is 7.57. The fraction of sp³-hybridized carbons (Fsp3) is 0.500. The molecule has 128 valence electrons. The van der Waals surface area contributed by atoms with Crippen LogP contribution in [0.15, 0.2) is 34.9 Å². The van der Waals surface area contributed by atoms with E-state index >= 15 is 0 Å². The molecule has 0 unspecified atom stereocenters. The van der Waals surface area contributed by atoms with E-state index in [0.29, 0.717) is 24.2 Å². The number of carbonyl (C=O) groups excluding carboxylic acids is 1. The average Bonchev–Trinajstić information content (AvgIpc) is 3.02. The smallest absolute Gasteiger partial charge is 0.244 e. The minimum absolute atomic E-state index is 0.115. The Bertz CT molecular complexity index is 663. The molecule has 0 aliphatic carbocycles. The summed E-state index contributed by atoms with van der Waals surface area (Å²) in [6.07, 6.45) is 2.13. The lowest BCUT2D eigenvalue weighted by Gasteiger charge is -2.33. The van der Waals surface area contributed by atoms with Crippen molar-refractivity contribution in [2.24, 2.45) is 5.92 Å². The summed E-state index contributed by atoms with van der Waals surface area (Å²) in [7, 11) is 0. The molecule has 1 N–H and O–H groups in total. The van der Waals surface area contributed by atoms with E-state index < -0.39 is 6.04 Å². The van der Waals surface area contributed by atoms with Gasteiger partial charge in [-0.15, -0.1) is 0 Å². The Morgan fingerprint density at radius 3 is 2.67 bits per heavy atom. The molecular weight excluding hydrogens is 304 g/mol. The van der Waals surface area contributed by atoms with Crippen LogP contribution in [0.1, 0.15) is 43.1 Å². The lowest BCUT2D eigenvalue weighted by Crippen LogP contribution is -2.44. The Morgan fingerprint density at radius 1 is 1.33 bits per heavy atom. The molecule has 6 heteroatoms. The van der Waals surface area contributed by atoms with Crippen LogP contribution in [0.5, 0.6) is 0 Å². The molecule has 1 saturated heterocycles. The van der Waals surface area contributed by atoms with Gasteiger partial charge in [-0.05, 0) is 31.2 Å². The number of benzene rings is 1. The zero-order chi connectivity index (χ0) is 16.9. The van der Waals surface area contributed by atoms with Crippen molar-refractivity contribution in [3.05, 3.63) is 47.6 Å². The lowest BCUT2D eigenvalue weighted by molar-refractivity contribution is -0.135. The van der Waals surface area contributed by atoms with Crippen LogP contribution in [-0.2, 0) is 11.3 Å². The average molecular weight is 328 g/mol. The highest BCUT2D eigenvalue weighted by molar-refractivity contribution is 5.83. The van der Waals surface area contributed by atoms with Gasteiger partial charge in [-0.2, -0.15) is 4.98 Å². The molecule has 1 aliphatic rings. The maximum Gasteiger partial charge on any atom is 0.244 e. The van der Waals surface area contributed by atoms with Crippen molar-refractivity contribution in [3.63, 3.8) is 0 Å². The molecule has 2 aromatic rings. The zero-order valence-corrected chi connectivity index (χ0v) is 14.2. The number of aryl methyl sites for hydroxylation is 1. The largest absolute Gasteiger partial charge is 0.341 e. The Balaban J connectivity index is 1.73. The third kappa shape index (κ3) is 4.00. The van der Waals surface area contributed by atoms with E-state index in [4.69, 9.17) is 4.52 Å². The van der Waals surface area contributed by atoms with Gasteiger partial charge >= 0.3 is 0 Å². The Labute approximate surface area is 142 Å². The van der Waals surface area contributed by atoms with Crippen molar-refractivity contribution < 1.29 is 9.32 Å². The standard InChI is InChI=1S/C18H24N4O2/c1-13-8-10-22(11-9-13)18(23)17(15-6-4-3-5-7-15)19-12-16-20-14(2)21-24-16/h3-7,13,17,19H,8-12H2,1-2H3/t17-/m0/s1. The van der Waals surface area contributed by atoms with E-state index in [2.05, 4.69) is 22.4 Å². The fourth-order valence-corrected chi connectivity index (χ4v) is 3.01. The predicted octanol–water partition coefficient (Wildman–Crippen LogP) is 2.47. The molecule has 0 bridgehead atoms. The topological polar surface area (TPSA) is 71.3 Å². The monoisotopic (exact) mass is 328 g/mol. The Kier molecular flexibility index (Phi) is 5.25. The number of nitrogens with zero attached hydrogens (tertiary/aromatic N) is 3. The second-order valence-electron chi connectivity index (χ2n) is 6.47. The summed E-state index contributed by atoms with van der Waals surface area (Å²) in [5.41, 5.74) is 0.956. The van der Waals surface area contributed by atoms with E-state index in [-0.39, 0.29) is 5.91 Å². The minimum atomic E-state index is -0.396. The summed E-state index contributed by atoms with van der Waals surface area (Å²) in [6, 6.07) is 9.41. The summed E-state index contributed by atoms with van der Waals surface area (Å²) in [5, 5.41) is 7.08. The van der Waals surface area contributed by atoms with Crippen molar-refractivity contribution >= 4 is 5.91 Å². The van der Waals surface area contributed by atoms with Crippen LogP contribution >= 0.6 is 0 Å². The number of rotatable bonds is 5. The third-order valence-corrected chi connectivity index (χ3v) is 4.50. The lowest BCUT2D eigenvalue weighted by atomic mass is 9.97. The predicted molar refractivity (Wildman–Crippen MR) is 90.0 cm³/mol. The number of hydrogen-bond acceptors (Lipinski definition) is 5. The number of carbonyl (C=O) groups is 1. The van der Waals surface area contributed by atoms with Gasteiger partial charge in [0.1, 0.15) is 6.04 Å². The molecule has 1 fully saturated rings.